The Bertz CT molecular complexity index is 1510. The fraction of sp³-hybridized carbons (Fsp3) is 0.125. The van der Waals surface area contributed by atoms with E-state index in [0.29, 0.717) is 17.8 Å². The molecule has 1 unspecified atom stereocenters. The minimum absolute atomic E-state index is 0.229. The maximum absolute atomic E-state index is 13.9. The molecule has 5 heteroatoms. The normalized spacial score (nSPS) is 11.8. The van der Waals surface area contributed by atoms with Crippen LogP contribution in [0.4, 0.5) is 4.39 Å². The number of amides is 1. The van der Waals surface area contributed by atoms with Crippen molar-refractivity contribution in [3.8, 4) is 16.9 Å². The van der Waals surface area contributed by atoms with Gasteiger partial charge in [0.15, 0.2) is 0 Å². The van der Waals surface area contributed by atoms with Crippen molar-refractivity contribution in [3.05, 3.63) is 143 Å². The minimum Gasteiger partial charge on any atom is -0.344 e. The van der Waals surface area contributed by atoms with Crippen LogP contribution in [0, 0.1) is 19.7 Å². The lowest BCUT2D eigenvalue weighted by Gasteiger charge is -2.20. The predicted molar refractivity (Wildman–Crippen MR) is 145 cm³/mol. The van der Waals surface area contributed by atoms with Gasteiger partial charge in [-0.2, -0.15) is 5.10 Å². The highest BCUT2D eigenvalue weighted by Crippen LogP contribution is 2.26. The van der Waals surface area contributed by atoms with Crippen LogP contribution in [-0.2, 0) is 6.42 Å². The molecule has 0 fully saturated rings. The standard InChI is InChI=1S/C32H28FN3O/c1-22-13-14-23(2)30(19-22)36-31(21-29(35-36)26-15-17-27(33)18-16-26)32(37)34-28(25-11-7-4-8-12-25)20-24-9-5-3-6-10-24/h3-19,21,28H,20H2,1-2H3,(H,34,37). The van der Waals surface area contributed by atoms with Crippen molar-refractivity contribution in [2.24, 2.45) is 0 Å². The van der Waals surface area contributed by atoms with E-state index in [1.807, 2.05) is 80.6 Å². The molecule has 0 spiro atoms. The topological polar surface area (TPSA) is 46.9 Å². The Kier molecular flexibility index (Phi) is 6.95. The van der Waals surface area contributed by atoms with Gasteiger partial charge in [-0.05, 0) is 78.9 Å². The van der Waals surface area contributed by atoms with E-state index in [0.717, 1.165) is 33.5 Å². The maximum Gasteiger partial charge on any atom is 0.270 e. The molecular weight excluding hydrogens is 461 g/mol. The van der Waals surface area contributed by atoms with Gasteiger partial charge >= 0.3 is 0 Å². The molecule has 1 aromatic heterocycles. The molecule has 0 saturated carbocycles. The van der Waals surface area contributed by atoms with E-state index in [4.69, 9.17) is 5.10 Å². The summed E-state index contributed by atoms with van der Waals surface area (Å²) >= 11 is 0. The van der Waals surface area contributed by atoms with Crippen LogP contribution in [-0.4, -0.2) is 15.7 Å². The number of carbonyl (C=O) groups is 1. The van der Waals surface area contributed by atoms with Gasteiger partial charge in [0.25, 0.3) is 5.91 Å². The van der Waals surface area contributed by atoms with E-state index >= 15 is 0 Å². The number of hydrogen-bond donors (Lipinski definition) is 1. The Hall–Kier alpha value is -4.51. The first kappa shape index (κ1) is 24.2. The summed E-state index contributed by atoms with van der Waals surface area (Å²) in [7, 11) is 0. The van der Waals surface area contributed by atoms with Gasteiger partial charge in [0.2, 0.25) is 0 Å². The minimum atomic E-state index is -0.317. The molecule has 1 amide bonds. The Balaban J connectivity index is 1.56. The SMILES string of the molecule is Cc1ccc(C)c(-n2nc(-c3ccc(F)cc3)cc2C(=O)NC(Cc2ccccc2)c2ccccc2)c1. The number of halogens is 1. The predicted octanol–water partition coefficient (Wildman–Crippen LogP) is 7.01. The average molecular weight is 490 g/mol. The Labute approximate surface area is 216 Å². The second-order valence-electron chi connectivity index (χ2n) is 9.25. The molecule has 1 heterocycles. The summed E-state index contributed by atoms with van der Waals surface area (Å²) in [6.45, 7) is 4.01. The van der Waals surface area contributed by atoms with Crippen LogP contribution >= 0.6 is 0 Å². The van der Waals surface area contributed by atoms with Crippen molar-refractivity contribution in [1.29, 1.82) is 0 Å². The summed E-state index contributed by atoms with van der Waals surface area (Å²) in [6, 6.07) is 33.9. The van der Waals surface area contributed by atoms with Crippen LogP contribution in [0.2, 0.25) is 0 Å². The van der Waals surface area contributed by atoms with E-state index < -0.39 is 0 Å². The summed E-state index contributed by atoms with van der Waals surface area (Å²) in [5.41, 5.74) is 6.81. The molecule has 37 heavy (non-hydrogen) atoms. The van der Waals surface area contributed by atoms with Crippen LogP contribution < -0.4 is 5.32 Å². The van der Waals surface area contributed by atoms with Gasteiger partial charge in [-0.15, -0.1) is 0 Å². The molecule has 184 valence electrons. The highest BCUT2D eigenvalue weighted by molar-refractivity contribution is 5.94. The van der Waals surface area contributed by atoms with Crippen LogP contribution in [0.1, 0.15) is 38.8 Å². The zero-order valence-electron chi connectivity index (χ0n) is 20.9. The molecule has 0 radical (unpaired) electrons. The third-order valence-electron chi connectivity index (χ3n) is 6.46. The van der Waals surface area contributed by atoms with Crippen molar-refractivity contribution in [2.75, 3.05) is 0 Å². The Morgan fingerprint density at radius 1 is 0.865 bits per heavy atom. The molecule has 0 aliphatic heterocycles. The maximum atomic E-state index is 13.9. The van der Waals surface area contributed by atoms with Gasteiger partial charge in [-0.25, -0.2) is 9.07 Å². The third-order valence-corrected chi connectivity index (χ3v) is 6.46. The molecule has 0 bridgehead atoms. The van der Waals surface area contributed by atoms with Gasteiger partial charge in [0.1, 0.15) is 11.5 Å². The molecule has 4 nitrogen and oxygen atoms in total. The van der Waals surface area contributed by atoms with Gasteiger partial charge in [-0.3, -0.25) is 4.79 Å². The summed E-state index contributed by atoms with van der Waals surface area (Å²) in [4.78, 5) is 13.9. The molecule has 4 aromatic carbocycles. The average Bonchev–Trinajstić information content (AvgIpc) is 3.37. The summed E-state index contributed by atoms with van der Waals surface area (Å²) in [5.74, 6) is -0.547. The molecule has 1 atom stereocenters. The lowest BCUT2D eigenvalue weighted by atomic mass is 9.98. The van der Waals surface area contributed by atoms with Gasteiger partial charge < -0.3 is 5.32 Å². The molecule has 0 aliphatic rings. The van der Waals surface area contributed by atoms with E-state index in [2.05, 4.69) is 17.4 Å². The first-order chi connectivity index (χ1) is 18.0. The van der Waals surface area contributed by atoms with E-state index in [1.54, 1.807) is 22.9 Å². The number of nitrogens with one attached hydrogen (secondary N) is 1. The molecule has 5 aromatic rings. The Morgan fingerprint density at radius 3 is 2.24 bits per heavy atom. The second kappa shape index (κ2) is 10.6. The number of carbonyl (C=O) groups excluding carboxylic acids is 1. The van der Waals surface area contributed by atoms with Crippen molar-refractivity contribution in [1.82, 2.24) is 15.1 Å². The molecule has 0 aliphatic carbocycles. The van der Waals surface area contributed by atoms with Gasteiger partial charge in [-0.1, -0.05) is 72.8 Å². The first-order valence-corrected chi connectivity index (χ1v) is 12.3. The fourth-order valence-corrected chi connectivity index (χ4v) is 4.46. The van der Waals surface area contributed by atoms with Gasteiger partial charge in [0, 0.05) is 5.56 Å². The fourth-order valence-electron chi connectivity index (χ4n) is 4.46. The zero-order chi connectivity index (χ0) is 25.8. The van der Waals surface area contributed by atoms with E-state index in [9.17, 15) is 9.18 Å². The number of nitrogens with zero attached hydrogens (tertiary/aromatic N) is 2. The van der Waals surface area contributed by atoms with Crippen molar-refractivity contribution in [2.45, 2.75) is 26.3 Å². The highest BCUT2D eigenvalue weighted by Gasteiger charge is 2.22. The van der Waals surface area contributed by atoms with E-state index in [1.165, 1.54) is 12.1 Å². The lowest BCUT2D eigenvalue weighted by molar-refractivity contribution is 0.0928. The largest absolute Gasteiger partial charge is 0.344 e. The Morgan fingerprint density at radius 2 is 1.54 bits per heavy atom. The number of rotatable bonds is 7. The number of benzene rings is 4. The molecule has 1 N–H and O–H groups in total. The molecule has 5 rings (SSSR count). The third kappa shape index (κ3) is 5.51. The lowest BCUT2D eigenvalue weighted by Crippen LogP contribution is -2.31. The summed E-state index contributed by atoms with van der Waals surface area (Å²) in [5, 5.41) is 8.06. The smallest absolute Gasteiger partial charge is 0.270 e. The second-order valence-corrected chi connectivity index (χ2v) is 9.25. The van der Waals surface area contributed by atoms with Crippen LogP contribution in [0.25, 0.3) is 16.9 Å². The molecular formula is C32H28FN3O. The van der Waals surface area contributed by atoms with Crippen molar-refractivity contribution < 1.29 is 9.18 Å². The highest BCUT2D eigenvalue weighted by atomic mass is 19.1. The zero-order valence-corrected chi connectivity index (χ0v) is 20.9. The number of hydrogen-bond acceptors (Lipinski definition) is 2. The number of aryl methyl sites for hydroxylation is 2. The van der Waals surface area contributed by atoms with Crippen molar-refractivity contribution in [3.63, 3.8) is 0 Å². The first-order valence-electron chi connectivity index (χ1n) is 12.3. The monoisotopic (exact) mass is 489 g/mol. The van der Waals surface area contributed by atoms with Crippen molar-refractivity contribution >= 4 is 5.91 Å². The number of aromatic nitrogens is 2. The molecule has 0 saturated heterocycles. The summed E-state index contributed by atoms with van der Waals surface area (Å²) in [6.07, 6.45) is 0.652. The van der Waals surface area contributed by atoms with Crippen LogP contribution in [0.15, 0.2) is 109 Å². The van der Waals surface area contributed by atoms with Crippen LogP contribution in [0.3, 0.4) is 0 Å². The quantitative estimate of drug-likeness (QED) is 0.267. The summed E-state index contributed by atoms with van der Waals surface area (Å²) < 4.78 is 15.3. The van der Waals surface area contributed by atoms with Gasteiger partial charge in [0.05, 0.1) is 17.4 Å². The van der Waals surface area contributed by atoms with Crippen LogP contribution in [0.5, 0.6) is 0 Å². The van der Waals surface area contributed by atoms with E-state index in [-0.39, 0.29) is 17.8 Å².